The van der Waals surface area contributed by atoms with Crippen LogP contribution in [0.3, 0.4) is 0 Å². The molecule has 0 radical (unpaired) electrons. The van der Waals surface area contributed by atoms with Crippen LogP contribution in [0.25, 0.3) is 0 Å². The summed E-state index contributed by atoms with van der Waals surface area (Å²) in [6.45, 7) is 9.99. The van der Waals surface area contributed by atoms with Gasteiger partial charge in [0, 0.05) is 0 Å². The molecule has 0 saturated carbocycles. The molecular weight excluding hydrogens is 249 g/mol. The van der Waals surface area contributed by atoms with Crippen LogP contribution in [-0.4, -0.2) is 30.9 Å². The summed E-state index contributed by atoms with van der Waals surface area (Å²) < 4.78 is 2.22. The zero-order valence-electron chi connectivity index (χ0n) is 8.00. The topological polar surface area (TPSA) is 3.24 Å². The molecule has 0 heterocycles. The van der Waals surface area contributed by atoms with Gasteiger partial charge in [0.2, 0.25) is 7.06 Å². The number of rotatable bonds is 4. The van der Waals surface area contributed by atoms with Gasteiger partial charge in [0.15, 0.2) is 0 Å². The molecule has 0 spiro atoms. The molecule has 0 aliphatic carbocycles. The third-order valence-corrected chi connectivity index (χ3v) is 23.8. The number of halogens is 3. The first-order chi connectivity index (χ1) is 5.27. The third-order valence-electron chi connectivity index (χ3n) is 2.16. The van der Waals surface area contributed by atoms with Crippen LogP contribution in [0.4, 0.5) is 0 Å². The molecule has 0 aliphatic heterocycles. The molecule has 6 heteroatoms. The minimum Gasteiger partial charge on any atom is -0.313 e. The van der Waals surface area contributed by atoms with E-state index in [1.165, 1.54) is 0 Å². The zero-order valence-corrected chi connectivity index (χ0v) is 12.3. The van der Waals surface area contributed by atoms with Gasteiger partial charge in [-0.2, -0.15) is 0 Å². The van der Waals surface area contributed by atoms with Crippen molar-refractivity contribution in [3.8, 4) is 0 Å². The van der Waals surface area contributed by atoms with Crippen LogP contribution in [-0.2, 0) is 0 Å². The van der Waals surface area contributed by atoms with Crippen molar-refractivity contribution in [2.75, 3.05) is 13.1 Å². The molecule has 1 unspecified atom stereocenters. The minimum absolute atomic E-state index is 0.935. The molecule has 0 N–H and O–H groups in total. The molecule has 0 rings (SSSR count). The highest BCUT2D eigenvalue weighted by Crippen LogP contribution is 2.32. The lowest BCUT2D eigenvalue weighted by atomic mass is 10.7. The average molecular weight is 265 g/mol. The van der Waals surface area contributed by atoms with Crippen molar-refractivity contribution < 1.29 is 0 Å². The smallest absolute Gasteiger partial charge is 0.270 e. The molecule has 0 aromatic heterocycles. The molecular formula is C6H16Cl3NSi2. The van der Waals surface area contributed by atoms with Crippen LogP contribution in [0.5, 0.6) is 0 Å². The third kappa shape index (κ3) is 2.89. The van der Waals surface area contributed by atoms with E-state index in [0.717, 1.165) is 13.1 Å². The minimum atomic E-state index is -2.22. The summed E-state index contributed by atoms with van der Waals surface area (Å²) in [5.74, 6) is 0. The molecule has 0 aliphatic rings. The average Bonchev–Trinajstić information content (AvgIpc) is 1.87. The molecule has 12 heavy (non-hydrogen) atoms. The van der Waals surface area contributed by atoms with Crippen molar-refractivity contribution in [1.82, 2.24) is 4.57 Å². The summed E-state index contributed by atoms with van der Waals surface area (Å²) >= 11 is 18.8. The summed E-state index contributed by atoms with van der Waals surface area (Å²) in [5, 5.41) is 0. The number of hydrogen-bond donors (Lipinski definition) is 0. The number of hydrogen-bond acceptors (Lipinski definition) is 1. The lowest BCUT2D eigenvalue weighted by molar-refractivity contribution is 0.485. The Morgan fingerprint density at radius 3 is 1.42 bits per heavy atom. The van der Waals surface area contributed by atoms with E-state index < -0.39 is 13.3 Å². The molecule has 1 nitrogen and oxygen atoms in total. The van der Waals surface area contributed by atoms with E-state index in [1.54, 1.807) is 0 Å². The van der Waals surface area contributed by atoms with Gasteiger partial charge in [0.05, 0.1) is 0 Å². The van der Waals surface area contributed by atoms with E-state index >= 15 is 0 Å². The Labute approximate surface area is 91.0 Å². The lowest BCUT2D eigenvalue weighted by Crippen LogP contribution is -2.60. The van der Waals surface area contributed by atoms with E-state index in [0.29, 0.717) is 0 Å². The maximum absolute atomic E-state index is 6.44. The summed E-state index contributed by atoms with van der Waals surface area (Å²) in [6.07, 6.45) is -2.22. The van der Waals surface area contributed by atoms with Gasteiger partial charge in [-0.15, -0.1) is 33.2 Å². The lowest BCUT2D eigenvalue weighted by Gasteiger charge is -2.37. The van der Waals surface area contributed by atoms with Crippen molar-refractivity contribution in [2.24, 2.45) is 0 Å². The van der Waals surface area contributed by atoms with Crippen molar-refractivity contribution in [3.63, 3.8) is 0 Å². The predicted octanol–water partition coefficient (Wildman–Crippen LogP) is 3.27. The predicted molar refractivity (Wildman–Crippen MR) is 63.7 cm³/mol. The molecule has 0 fully saturated rings. The van der Waals surface area contributed by atoms with Gasteiger partial charge in [-0.05, 0) is 26.2 Å². The van der Waals surface area contributed by atoms with Crippen LogP contribution < -0.4 is 0 Å². The van der Waals surface area contributed by atoms with Gasteiger partial charge < -0.3 is 4.57 Å². The van der Waals surface area contributed by atoms with Gasteiger partial charge >= 0.3 is 0 Å². The van der Waals surface area contributed by atoms with Crippen molar-refractivity contribution in [1.29, 1.82) is 0 Å². The Kier molecular flexibility index (Phi) is 5.16. The highest BCUT2D eigenvalue weighted by Gasteiger charge is 2.50. The Bertz CT molecular complexity index is 142. The first-order valence-electron chi connectivity index (χ1n) is 4.09. The van der Waals surface area contributed by atoms with E-state index in [-0.39, 0.29) is 0 Å². The van der Waals surface area contributed by atoms with Crippen molar-refractivity contribution in [3.05, 3.63) is 0 Å². The van der Waals surface area contributed by atoms with Crippen LogP contribution in [0, 0.1) is 0 Å². The highest BCUT2D eigenvalue weighted by molar-refractivity contribution is 7.82. The van der Waals surface area contributed by atoms with Crippen LogP contribution >= 0.6 is 33.2 Å². The Hall–Kier alpha value is 1.26. The molecule has 74 valence electrons. The van der Waals surface area contributed by atoms with Gasteiger partial charge in [-0.3, -0.25) is 0 Å². The van der Waals surface area contributed by atoms with Crippen LogP contribution in [0.15, 0.2) is 0 Å². The molecule has 0 aromatic rings. The van der Waals surface area contributed by atoms with Crippen molar-refractivity contribution in [2.45, 2.75) is 26.9 Å². The molecule has 1 atom stereocenters. The summed E-state index contributed by atoms with van der Waals surface area (Å²) in [6, 6.07) is 0. The van der Waals surface area contributed by atoms with Crippen LogP contribution in [0.2, 0.25) is 13.1 Å². The van der Waals surface area contributed by atoms with Gasteiger partial charge in [0.1, 0.15) is 0 Å². The fourth-order valence-corrected chi connectivity index (χ4v) is 8.32. The van der Waals surface area contributed by atoms with Gasteiger partial charge in [-0.25, -0.2) is 0 Å². The fraction of sp³-hybridized carbons (Fsp3) is 1.00. The second-order valence-corrected chi connectivity index (χ2v) is 23.4. The second kappa shape index (κ2) is 4.66. The standard InChI is InChI=1S/C6H16Cl3NSi2/c1-5-10(6-2)12(4,9)11(3,7)8/h5-6H2,1-4H3. The Morgan fingerprint density at radius 1 is 1.00 bits per heavy atom. The zero-order chi connectivity index (χ0) is 9.99. The quantitative estimate of drug-likeness (QED) is 0.556. The maximum Gasteiger partial charge on any atom is 0.270 e. The summed E-state index contributed by atoms with van der Waals surface area (Å²) in [4.78, 5) is 0. The van der Waals surface area contributed by atoms with E-state index in [1.807, 2.05) is 13.1 Å². The first kappa shape index (κ1) is 13.3. The second-order valence-electron chi connectivity index (χ2n) is 3.01. The SMILES string of the molecule is CCN(CC)[Si](C)(Cl)[Si](C)(Cl)Cl. The molecule has 0 aromatic carbocycles. The van der Waals surface area contributed by atoms with E-state index in [4.69, 9.17) is 33.2 Å². The molecule has 0 amide bonds. The van der Waals surface area contributed by atoms with E-state index in [9.17, 15) is 0 Å². The Balaban J connectivity index is 4.57. The highest BCUT2D eigenvalue weighted by atomic mass is 35.7. The summed E-state index contributed by atoms with van der Waals surface area (Å²) in [7, 11) is -2.06. The fourth-order valence-electron chi connectivity index (χ4n) is 1.10. The largest absolute Gasteiger partial charge is 0.313 e. The van der Waals surface area contributed by atoms with Crippen LogP contribution in [0.1, 0.15) is 13.8 Å². The normalized spacial score (nSPS) is 18.0. The summed E-state index contributed by atoms with van der Waals surface area (Å²) in [5.41, 5.74) is 0. The molecule has 0 saturated heterocycles. The van der Waals surface area contributed by atoms with Crippen molar-refractivity contribution >= 4 is 46.5 Å². The Morgan fingerprint density at radius 2 is 1.33 bits per heavy atom. The molecule has 0 bridgehead atoms. The monoisotopic (exact) mass is 263 g/mol. The number of nitrogens with zero attached hydrogens (tertiary/aromatic N) is 1. The van der Waals surface area contributed by atoms with E-state index in [2.05, 4.69) is 18.4 Å². The first-order valence-corrected chi connectivity index (χ1v) is 13.1. The van der Waals surface area contributed by atoms with Gasteiger partial charge in [-0.1, -0.05) is 13.8 Å². The van der Waals surface area contributed by atoms with Gasteiger partial charge in [0.25, 0.3) is 6.21 Å². The maximum atomic E-state index is 6.44.